The molecule has 3 rings (SSSR count). The molecule has 1 saturated heterocycles. The van der Waals surface area contributed by atoms with Crippen LogP contribution >= 0.6 is 33.9 Å². The maximum absolute atomic E-state index is 12.4. The van der Waals surface area contributed by atoms with Gasteiger partial charge in [0.2, 0.25) is 0 Å². The number of thiophene rings is 1. The molecule has 0 bridgehead atoms. The summed E-state index contributed by atoms with van der Waals surface area (Å²) in [6, 6.07) is 11.3. The summed E-state index contributed by atoms with van der Waals surface area (Å²) < 4.78 is 1.07. The van der Waals surface area contributed by atoms with E-state index in [2.05, 4.69) is 28.0 Å². The molecule has 0 spiro atoms. The average molecular weight is 410 g/mol. The number of nitrogens with one attached hydrogen (secondary N) is 1. The van der Waals surface area contributed by atoms with Gasteiger partial charge in [-0.2, -0.15) is 0 Å². The summed E-state index contributed by atoms with van der Waals surface area (Å²) in [5, 5.41) is 1.28. The van der Waals surface area contributed by atoms with Crippen molar-refractivity contribution in [3.8, 4) is 0 Å². The number of hydrazine groups is 1. The van der Waals surface area contributed by atoms with Gasteiger partial charge < -0.3 is 0 Å². The van der Waals surface area contributed by atoms with Gasteiger partial charge in [0.1, 0.15) is 5.57 Å². The van der Waals surface area contributed by atoms with E-state index in [1.165, 1.54) is 5.01 Å². The summed E-state index contributed by atoms with van der Waals surface area (Å²) in [4.78, 5) is 26.4. The van der Waals surface area contributed by atoms with Gasteiger partial charge in [0.05, 0.1) is 5.69 Å². The molecule has 106 valence electrons. The molecule has 6 heteroatoms. The van der Waals surface area contributed by atoms with Crippen molar-refractivity contribution in [3.63, 3.8) is 0 Å². The monoisotopic (exact) mass is 410 g/mol. The number of rotatable bonds is 2. The van der Waals surface area contributed by atoms with Crippen LogP contribution in [0.25, 0.3) is 6.08 Å². The molecule has 1 aliphatic rings. The highest BCUT2D eigenvalue weighted by atomic mass is 127. The Kier molecular flexibility index (Phi) is 3.81. The standard InChI is InChI=1S/C15H11IN2O2S/c1-9-2-7-12(21-9)8-13-14(19)17-18(15(13)20)11-5-3-10(16)4-6-11/h2-8H,1H3,(H,17,19)/b13-8-. The first-order valence-corrected chi connectivity index (χ1v) is 8.13. The fourth-order valence-electron chi connectivity index (χ4n) is 2.00. The van der Waals surface area contributed by atoms with Crippen molar-refractivity contribution in [1.29, 1.82) is 0 Å². The van der Waals surface area contributed by atoms with E-state index >= 15 is 0 Å². The molecule has 0 aliphatic carbocycles. The zero-order valence-electron chi connectivity index (χ0n) is 11.1. The normalized spacial score (nSPS) is 16.7. The van der Waals surface area contributed by atoms with Crippen molar-refractivity contribution >= 4 is 57.5 Å². The van der Waals surface area contributed by atoms with Gasteiger partial charge in [0.15, 0.2) is 0 Å². The van der Waals surface area contributed by atoms with Crippen LogP contribution in [0, 0.1) is 10.5 Å². The number of amides is 2. The second kappa shape index (κ2) is 5.61. The van der Waals surface area contributed by atoms with Gasteiger partial charge in [-0.1, -0.05) is 0 Å². The molecule has 0 unspecified atom stereocenters. The number of carbonyl (C=O) groups excluding carboxylic acids is 2. The van der Waals surface area contributed by atoms with Gasteiger partial charge in [-0.05, 0) is 72.0 Å². The van der Waals surface area contributed by atoms with Crippen molar-refractivity contribution in [2.45, 2.75) is 6.92 Å². The van der Waals surface area contributed by atoms with Crippen molar-refractivity contribution in [1.82, 2.24) is 5.43 Å². The van der Waals surface area contributed by atoms with Crippen LogP contribution in [0.3, 0.4) is 0 Å². The molecule has 1 aliphatic heterocycles. The largest absolute Gasteiger partial charge is 0.282 e. The lowest BCUT2D eigenvalue weighted by atomic mass is 10.2. The van der Waals surface area contributed by atoms with Crippen molar-refractivity contribution in [2.75, 3.05) is 5.01 Å². The first-order chi connectivity index (χ1) is 10.0. The molecule has 2 aromatic rings. The molecule has 0 saturated carbocycles. The van der Waals surface area contributed by atoms with Gasteiger partial charge in [-0.15, -0.1) is 11.3 Å². The molecule has 0 radical (unpaired) electrons. The van der Waals surface area contributed by atoms with Crippen molar-refractivity contribution < 1.29 is 9.59 Å². The number of anilines is 1. The Hall–Kier alpha value is -1.67. The Morgan fingerprint density at radius 2 is 1.86 bits per heavy atom. The Morgan fingerprint density at radius 3 is 2.48 bits per heavy atom. The summed E-state index contributed by atoms with van der Waals surface area (Å²) in [5.41, 5.74) is 3.41. The van der Waals surface area contributed by atoms with E-state index in [0.29, 0.717) is 5.69 Å². The molecular weight excluding hydrogens is 399 g/mol. The Morgan fingerprint density at radius 1 is 1.14 bits per heavy atom. The highest BCUT2D eigenvalue weighted by molar-refractivity contribution is 14.1. The third-order valence-corrected chi connectivity index (χ3v) is 4.69. The molecule has 21 heavy (non-hydrogen) atoms. The first-order valence-electron chi connectivity index (χ1n) is 6.24. The van der Waals surface area contributed by atoms with Crippen LogP contribution in [0.2, 0.25) is 0 Å². The minimum atomic E-state index is -0.371. The molecule has 2 amide bonds. The number of nitrogens with zero attached hydrogens (tertiary/aromatic N) is 1. The van der Waals surface area contributed by atoms with E-state index in [0.717, 1.165) is 13.3 Å². The van der Waals surface area contributed by atoms with Gasteiger partial charge in [0.25, 0.3) is 11.8 Å². The van der Waals surface area contributed by atoms with E-state index in [9.17, 15) is 9.59 Å². The van der Waals surface area contributed by atoms with E-state index in [-0.39, 0.29) is 17.4 Å². The fraction of sp³-hybridized carbons (Fsp3) is 0.0667. The van der Waals surface area contributed by atoms with E-state index in [1.807, 2.05) is 31.2 Å². The number of hydrogen-bond acceptors (Lipinski definition) is 3. The number of benzene rings is 1. The summed E-state index contributed by atoms with van der Waals surface area (Å²) in [6.45, 7) is 1.99. The Bertz CT molecular complexity index is 749. The van der Waals surface area contributed by atoms with Gasteiger partial charge >= 0.3 is 0 Å². The molecule has 1 aromatic heterocycles. The van der Waals surface area contributed by atoms with Crippen LogP contribution in [0.4, 0.5) is 5.69 Å². The van der Waals surface area contributed by atoms with Crippen LogP contribution in [-0.4, -0.2) is 11.8 Å². The number of hydrogen-bond donors (Lipinski definition) is 1. The lowest BCUT2D eigenvalue weighted by molar-refractivity contribution is -0.117. The van der Waals surface area contributed by atoms with E-state index in [4.69, 9.17) is 0 Å². The van der Waals surface area contributed by atoms with E-state index < -0.39 is 0 Å². The zero-order valence-corrected chi connectivity index (χ0v) is 14.1. The predicted octanol–water partition coefficient (Wildman–Crippen LogP) is 3.12. The minimum absolute atomic E-state index is 0.162. The summed E-state index contributed by atoms with van der Waals surface area (Å²) in [7, 11) is 0. The number of aryl methyl sites for hydroxylation is 1. The highest BCUT2D eigenvalue weighted by Gasteiger charge is 2.34. The van der Waals surface area contributed by atoms with Gasteiger partial charge in [-0.3, -0.25) is 15.0 Å². The summed E-state index contributed by atoms with van der Waals surface area (Å²) >= 11 is 3.74. The smallest absolute Gasteiger partial charge is 0.267 e. The number of halogens is 1. The van der Waals surface area contributed by atoms with E-state index in [1.54, 1.807) is 29.5 Å². The number of carbonyl (C=O) groups is 2. The lowest BCUT2D eigenvalue weighted by Crippen LogP contribution is -2.35. The summed E-state index contributed by atoms with van der Waals surface area (Å²) in [5.74, 6) is -0.697. The molecule has 2 heterocycles. The molecule has 4 nitrogen and oxygen atoms in total. The fourth-order valence-corrected chi connectivity index (χ4v) is 3.18. The third-order valence-electron chi connectivity index (χ3n) is 3.02. The Labute approximate surface area is 139 Å². The molecular formula is C15H11IN2O2S. The predicted molar refractivity (Wildman–Crippen MR) is 91.8 cm³/mol. The van der Waals surface area contributed by atoms with Crippen LogP contribution in [0.5, 0.6) is 0 Å². The lowest BCUT2D eigenvalue weighted by Gasteiger charge is -2.14. The SMILES string of the molecule is Cc1ccc(/C=C2/C(=O)NN(c3ccc(I)cc3)C2=O)s1. The van der Waals surface area contributed by atoms with Crippen LogP contribution < -0.4 is 10.4 Å². The molecule has 0 atom stereocenters. The topological polar surface area (TPSA) is 49.4 Å². The minimum Gasteiger partial charge on any atom is -0.267 e. The molecule has 1 N–H and O–H groups in total. The third kappa shape index (κ3) is 2.86. The first kappa shape index (κ1) is 14.3. The van der Waals surface area contributed by atoms with Crippen molar-refractivity contribution in [2.24, 2.45) is 0 Å². The van der Waals surface area contributed by atoms with Crippen molar-refractivity contribution in [3.05, 3.63) is 55.3 Å². The maximum atomic E-state index is 12.4. The molecule has 1 aromatic carbocycles. The quantitative estimate of drug-likeness (QED) is 0.470. The highest BCUT2D eigenvalue weighted by Crippen LogP contribution is 2.24. The molecule has 1 fully saturated rings. The van der Waals surface area contributed by atoms with Gasteiger partial charge in [-0.25, -0.2) is 5.01 Å². The van der Waals surface area contributed by atoms with Crippen LogP contribution in [-0.2, 0) is 9.59 Å². The Balaban J connectivity index is 1.92. The maximum Gasteiger partial charge on any atom is 0.282 e. The van der Waals surface area contributed by atoms with Gasteiger partial charge in [0, 0.05) is 13.3 Å². The second-order valence-corrected chi connectivity index (χ2v) is 7.13. The second-order valence-electron chi connectivity index (χ2n) is 4.56. The zero-order chi connectivity index (χ0) is 15.0. The summed E-state index contributed by atoms with van der Waals surface area (Å²) in [6.07, 6.45) is 1.64. The average Bonchev–Trinajstić information content (AvgIpc) is 2.98. The van der Waals surface area contributed by atoms with Crippen LogP contribution in [0.1, 0.15) is 9.75 Å². The van der Waals surface area contributed by atoms with Crippen LogP contribution in [0.15, 0.2) is 42.0 Å².